The fourth-order valence-electron chi connectivity index (χ4n) is 6.03. The summed E-state index contributed by atoms with van der Waals surface area (Å²) in [5.41, 5.74) is 3.45. The van der Waals surface area contributed by atoms with Crippen molar-refractivity contribution in [1.82, 2.24) is 19.6 Å². The van der Waals surface area contributed by atoms with Crippen molar-refractivity contribution in [3.63, 3.8) is 0 Å². The van der Waals surface area contributed by atoms with E-state index in [0.717, 1.165) is 67.6 Å². The number of hydrogen-bond acceptors (Lipinski definition) is 6. The summed E-state index contributed by atoms with van der Waals surface area (Å²) in [6.07, 6.45) is 4.80. The molecule has 41 heavy (non-hydrogen) atoms. The molecule has 9 heteroatoms. The number of benzene rings is 2. The molecule has 2 fully saturated rings. The van der Waals surface area contributed by atoms with Crippen LogP contribution in [0.1, 0.15) is 80.8 Å². The second kappa shape index (κ2) is 12.2. The molecule has 4 heterocycles. The van der Waals surface area contributed by atoms with E-state index in [9.17, 15) is 9.18 Å². The minimum absolute atomic E-state index is 0.124. The molecule has 2 aromatic heterocycles. The summed E-state index contributed by atoms with van der Waals surface area (Å²) in [5, 5.41) is 3.43. The average molecular weight is 581 g/mol. The van der Waals surface area contributed by atoms with Gasteiger partial charge in [-0.2, -0.15) is 0 Å². The molecule has 2 aliphatic rings. The molecule has 218 valence electrons. The van der Waals surface area contributed by atoms with Crippen LogP contribution >= 0.6 is 11.3 Å². The standard InChI is InChI=1S/C32H38F2N4O2S/c1-20(2)40-31-30(24-10-8-21(18-25(24)34)26-6-5-14-35-26)36-32-38(31)27-11-9-22(19-29(27)41-32)28(39)7-3-4-15-37-16-12-23(33)13-17-37/h8-11,18-20,23,26,35H,3-7,12-17H2,1-2H3/t26-/m1/s1. The summed E-state index contributed by atoms with van der Waals surface area (Å²) in [4.78, 5) is 20.8. The van der Waals surface area contributed by atoms with Crippen LogP contribution < -0.4 is 10.1 Å². The van der Waals surface area contributed by atoms with Gasteiger partial charge in [-0.1, -0.05) is 17.4 Å². The number of carbonyl (C=O) groups is 1. The maximum absolute atomic E-state index is 15.5. The summed E-state index contributed by atoms with van der Waals surface area (Å²) in [6, 6.07) is 11.3. The van der Waals surface area contributed by atoms with Gasteiger partial charge in [0.05, 0.1) is 16.3 Å². The highest BCUT2D eigenvalue weighted by Gasteiger charge is 2.25. The number of ether oxygens (including phenoxy) is 1. The molecule has 0 radical (unpaired) electrons. The lowest BCUT2D eigenvalue weighted by atomic mass is 10.0. The van der Waals surface area contributed by atoms with Crippen LogP contribution in [0.25, 0.3) is 26.4 Å². The van der Waals surface area contributed by atoms with Crippen molar-refractivity contribution in [2.45, 2.75) is 77.1 Å². The number of piperidine rings is 1. The van der Waals surface area contributed by atoms with E-state index in [1.807, 2.05) is 48.6 Å². The quantitative estimate of drug-likeness (QED) is 0.157. The van der Waals surface area contributed by atoms with E-state index < -0.39 is 6.17 Å². The lowest BCUT2D eigenvalue weighted by Gasteiger charge is -2.28. The van der Waals surface area contributed by atoms with E-state index in [1.54, 1.807) is 6.07 Å². The van der Waals surface area contributed by atoms with Gasteiger partial charge in [0.1, 0.15) is 17.7 Å². The summed E-state index contributed by atoms with van der Waals surface area (Å²) >= 11 is 1.48. The number of halogens is 2. The van der Waals surface area contributed by atoms with Crippen LogP contribution in [0.2, 0.25) is 0 Å². The minimum atomic E-state index is -0.658. The Kier molecular flexibility index (Phi) is 8.38. The number of hydrogen-bond donors (Lipinski definition) is 1. The van der Waals surface area contributed by atoms with Crippen LogP contribution in [0.15, 0.2) is 36.4 Å². The fraction of sp³-hybridized carbons (Fsp3) is 0.500. The molecule has 6 nitrogen and oxygen atoms in total. The highest BCUT2D eigenvalue weighted by Crippen LogP contribution is 2.40. The second-order valence-corrected chi connectivity index (χ2v) is 12.6. The zero-order chi connectivity index (χ0) is 28.5. The molecule has 2 saturated heterocycles. The van der Waals surface area contributed by atoms with Gasteiger partial charge in [-0.15, -0.1) is 0 Å². The third kappa shape index (κ3) is 6.03. The van der Waals surface area contributed by atoms with Gasteiger partial charge in [0.2, 0.25) is 5.88 Å². The van der Waals surface area contributed by atoms with Crippen LogP contribution in [-0.4, -0.2) is 58.5 Å². The zero-order valence-corrected chi connectivity index (χ0v) is 24.6. The number of nitrogens with zero attached hydrogens (tertiary/aromatic N) is 3. The molecule has 2 aromatic carbocycles. The fourth-order valence-corrected chi connectivity index (χ4v) is 7.08. The zero-order valence-electron chi connectivity index (χ0n) is 23.8. The molecule has 4 aromatic rings. The third-order valence-electron chi connectivity index (χ3n) is 8.23. The van der Waals surface area contributed by atoms with Crippen molar-refractivity contribution < 1.29 is 18.3 Å². The van der Waals surface area contributed by atoms with Gasteiger partial charge in [-0.3, -0.25) is 9.20 Å². The van der Waals surface area contributed by atoms with E-state index in [0.29, 0.717) is 46.9 Å². The number of imidazole rings is 1. The normalized spacial score (nSPS) is 18.7. The van der Waals surface area contributed by atoms with Crippen molar-refractivity contribution >= 4 is 32.3 Å². The topological polar surface area (TPSA) is 58.9 Å². The monoisotopic (exact) mass is 580 g/mol. The molecular formula is C32H38F2N4O2S. The van der Waals surface area contributed by atoms with E-state index in [-0.39, 0.29) is 23.7 Å². The number of Topliss-reactive ketones (excluding diaryl/α,β-unsaturated/α-hetero) is 1. The first-order valence-electron chi connectivity index (χ1n) is 14.9. The number of nitrogens with one attached hydrogen (secondary N) is 1. The van der Waals surface area contributed by atoms with Gasteiger partial charge in [-0.25, -0.2) is 13.8 Å². The summed E-state index contributed by atoms with van der Waals surface area (Å²) in [5.74, 6) is 0.334. The summed E-state index contributed by atoms with van der Waals surface area (Å²) in [7, 11) is 0. The number of aromatic nitrogens is 2. The third-order valence-corrected chi connectivity index (χ3v) is 9.24. The van der Waals surface area contributed by atoms with E-state index in [2.05, 4.69) is 10.2 Å². The molecule has 0 bridgehead atoms. The lowest BCUT2D eigenvalue weighted by Crippen LogP contribution is -2.35. The number of alkyl halides is 1. The van der Waals surface area contributed by atoms with Gasteiger partial charge in [-0.05, 0) is 101 Å². The van der Waals surface area contributed by atoms with Crippen LogP contribution in [0.4, 0.5) is 8.78 Å². The number of fused-ring (bicyclic) bond motifs is 3. The number of rotatable bonds is 10. The van der Waals surface area contributed by atoms with Crippen LogP contribution in [0, 0.1) is 5.82 Å². The number of ketones is 1. The van der Waals surface area contributed by atoms with Gasteiger partial charge < -0.3 is 15.0 Å². The molecule has 1 atom stereocenters. The molecule has 0 amide bonds. The lowest BCUT2D eigenvalue weighted by molar-refractivity contribution is 0.0976. The average Bonchev–Trinajstić information content (AvgIpc) is 3.68. The molecule has 1 N–H and O–H groups in total. The first-order valence-corrected chi connectivity index (χ1v) is 15.7. The highest BCUT2D eigenvalue weighted by molar-refractivity contribution is 7.23. The van der Waals surface area contributed by atoms with Gasteiger partial charge in [0, 0.05) is 36.7 Å². The van der Waals surface area contributed by atoms with E-state index in [1.165, 1.54) is 11.3 Å². The number of unbranched alkanes of at least 4 members (excludes halogenated alkanes) is 1. The minimum Gasteiger partial charge on any atom is -0.474 e. The Morgan fingerprint density at radius 1 is 1.15 bits per heavy atom. The van der Waals surface area contributed by atoms with Gasteiger partial charge in [0.25, 0.3) is 0 Å². The highest BCUT2D eigenvalue weighted by atomic mass is 32.1. The first-order chi connectivity index (χ1) is 19.9. The van der Waals surface area contributed by atoms with Crippen LogP contribution in [0.3, 0.4) is 0 Å². The van der Waals surface area contributed by atoms with E-state index in [4.69, 9.17) is 9.72 Å². The van der Waals surface area contributed by atoms with Crippen molar-refractivity contribution in [3.8, 4) is 17.1 Å². The van der Waals surface area contributed by atoms with Gasteiger partial charge in [0.15, 0.2) is 10.7 Å². The Bertz CT molecular complexity index is 1530. The van der Waals surface area contributed by atoms with Crippen molar-refractivity contribution in [2.75, 3.05) is 26.2 Å². The Morgan fingerprint density at radius 3 is 2.71 bits per heavy atom. The molecule has 0 spiro atoms. The predicted octanol–water partition coefficient (Wildman–Crippen LogP) is 7.35. The predicted molar refractivity (Wildman–Crippen MR) is 160 cm³/mol. The second-order valence-electron chi connectivity index (χ2n) is 11.6. The van der Waals surface area contributed by atoms with E-state index >= 15 is 4.39 Å². The van der Waals surface area contributed by atoms with Crippen molar-refractivity contribution in [1.29, 1.82) is 0 Å². The SMILES string of the molecule is CC(C)Oc1c(-c2ccc([C@H]3CCCN3)cc2F)nc2sc3cc(C(=O)CCCCN4CCC(F)CC4)ccc3n12. The maximum atomic E-state index is 15.5. The molecule has 0 unspecified atom stereocenters. The van der Waals surface area contributed by atoms with Crippen LogP contribution in [0.5, 0.6) is 5.88 Å². The Labute approximate surface area is 243 Å². The molecule has 2 aliphatic heterocycles. The summed E-state index contributed by atoms with van der Waals surface area (Å²) < 4.78 is 37.9. The number of carbonyl (C=O) groups excluding carboxylic acids is 1. The molecular weight excluding hydrogens is 542 g/mol. The molecule has 6 rings (SSSR count). The van der Waals surface area contributed by atoms with Crippen LogP contribution in [-0.2, 0) is 0 Å². The number of likely N-dealkylation sites (tertiary alicyclic amines) is 1. The number of thiazole rings is 1. The Hall–Kier alpha value is -2.88. The maximum Gasteiger partial charge on any atom is 0.228 e. The largest absolute Gasteiger partial charge is 0.474 e. The summed E-state index contributed by atoms with van der Waals surface area (Å²) in [6.45, 7) is 7.40. The first kappa shape index (κ1) is 28.2. The Balaban J connectivity index is 1.21. The Morgan fingerprint density at radius 2 is 1.98 bits per heavy atom. The smallest absolute Gasteiger partial charge is 0.228 e. The van der Waals surface area contributed by atoms with Crippen molar-refractivity contribution in [3.05, 3.63) is 53.3 Å². The van der Waals surface area contributed by atoms with Crippen molar-refractivity contribution in [2.24, 2.45) is 0 Å². The molecule has 0 saturated carbocycles. The van der Waals surface area contributed by atoms with Gasteiger partial charge >= 0.3 is 0 Å². The molecule has 0 aliphatic carbocycles.